The number of hydrogen-bond donors (Lipinski definition) is 2. The number of benzene rings is 2. The van der Waals surface area contributed by atoms with Crippen LogP contribution in [0.3, 0.4) is 0 Å². The van der Waals surface area contributed by atoms with E-state index in [-0.39, 0.29) is 11.6 Å². The molecule has 0 spiro atoms. The third-order valence-corrected chi connectivity index (χ3v) is 3.66. The summed E-state index contributed by atoms with van der Waals surface area (Å²) in [5.41, 5.74) is 7.25. The van der Waals surface area contributed by atoms with Gasteiger partial charge < -0.3 is 11.1 Å². The topological polar surface area (TPSA) is 55.1 Å². The van der Waals surface area contributed by atoms with Crippen LogP contribution in [0.4, 0.5) is 15.8 Å². The maximum atomic E-state index is 13.8. The predicted octanol–water partition coefficient (Wildman–Crippen LogP) is 3.63. The number of nitrogen functional groups attached to an aromatic ring is 1. The van der Waals surface area contributed by atoms with Gasteiger partial charge in [0.1, 0.15) is 5.82 Å². The molecule has 3 nitrogen and oxygen atoms in total. The van der Waals surface area contributed by atoms with Crippen LogP contribution in [-0.2, 0) is 10.2 Å². The molecule has 3 N–H and O–H groups in total. The van der Waals surface area contributed by atoms with Gasteiger partial charge in [-0.25, -0.2) is 4.39 Å². The zero-order chi connectivity index (χ0) is 15.6. The molecule has 0 radical (unpaired) electrons. The molecule has 2 rings (SSSR count). The Morgan fingerprint density at radius 1 is 1.14 bits per heavy atom. The van der Waals surface area contributed by atoms with Gasteiger partial charge in [0, 0.05) is 5.69 Å². The molecule has 0 saturated carbocycles. The number of amides is 1. The van der Waals surface area contributed by atoms with Crippen LogP contribution in [0.15, 0.2) is 42.5 Å². The lowest BCUT2D eigenvalue weighted by Gasteiger charge is -2.25. The van der Waals surface area contributed by atoms with Crippen molar-refractivity contribution in [2.24, 2.45) is 0 Å². The molecule has 0 fully saturated rings. The Labute approximate surface area is 124 Å². The van der Waals surface area contributed by atoms with E-state index in [1.807, 2.05) is 12.1 Å². The van der Waals surface area contributed by atoms with Gasteiger partial charge in [0.25, 0.3) is 0 Å². The fourth-order valence-electron chi connectivity index (χ4n) is 2.09. The van der Waals surface area contributed by atoms with E-state index in [0.29, 0.717) is 11.3 Å². The summed E-state index contributed by atoms with van der Waals surface area (Å²) in [7, 11) is 0. The third kappa shape index (κ3) is 3.05. The summed E-state index contributed by atoms with van der Waals surface area (Å²) in [6.45, 7) is 5.35. The lowest BCUT2D eigenvalue weighted by atomic mass is 9.83. The molecule has 0 heterocycles. The van der Waals surface area contributed by atoms with Crippen LogP contribution in [0.5, 0.6) is 0 Å². The fraction of sp³-hybridized carbons (Fsp3) is 0.235. The van der Waals surface area contributed by atoms with Gasteiger partial charge >= 0.3 is 0 Å². The number of hydrogen-bond acceptors (Lipinski definition) is 2. The highest BCUT2D eigenvalue weighted by Crippen LogP contribution is 2.27. The summed E-state index contributed by atoms with van der Waals surface area (Å²) in [6, 6.07) is 11.8. The van der Waals surface area contributed by atoms with Crippen molar-refractivity contribution < 1.29 is 9.18 Å². The highest BCUT2D eigenvalue weighted by Gasteiger charge is 2.30. The zero-order valence-corrected chi connectivity index (χ0v) is 12.4. The molecule has 0 unspecified atom stereocenters. The SMILES string of the molecule is Cc1cccc(F)c1NC(=O)C(C)(C)c1ccc(N)cc1. The first-order valence-electron chi connectivity index (χ1n) is 6.75. The van der Waals surface area contributed by atoms with Crippen molar-refractivity contribution in [1.29, 1.82) is 0 Å². The number of aryl methyl sites for hydroxylation is 1. The molecule has 0 saturated heterocycles. The Kier molecular flexibility index (Phi) is 3.98. The highest BCUT2D eigenvalue weighted by atomic mass is 19.1. The normalized spacial score (nSPS) is 11.2. The molecule has 21 heavy (non-hydrogen) atoms. The molecule has 4 heteroatoms. The standard InChI is InChI=1S/C17H19FN2O/c1-11-5-4-6-14(18)15(11)20-16(21)17(2,3)12-7-9-13(19)10-8-12/h4-10H,19H2,1-3H3,(H,20,21). The van der Waals surface area contributed by atoms with Gasteiger partial charge in [-0.05, 0) is 50.1 Å². The molecule has 0 atom stereocenters. The number of anilines is 2. The maximum absolute atomic E-state index is 13.8. The Morgan fingerprint density at radius 3 is 2.33 bits per heavy atom. The Balaban J connectivity index is 2.28. The number of rotatable bonds is 3. The van der Waals surface area contributed by atoms with Gasteiger partial charge in [-0.2, -0.15) is 0 Å². The Hall–Kier alpha value is -2.36. The molecule has 0 bridgehead atoms. The van der Waals surface area contributed by atoms with Crippen molar-refractivity contribution in [3.63, 3.8) is 0 Å². The molecule has 0 aliphatic carbocycles. The average molecular weight is 286 g/mol. The second-order valence-electron chi connectivity index (χ2n) is 5.63. The van der Waals surface area contributed by atoms with E-state index >= 15 is 0 Å². The van der Waals surface area contributed by atoms with Crippen LogP contribution < -0.4 is 11.1 Å². The third-order valence-electron chi connectivity index (χ3n) is 3.66. The molecule has 2 aromatic rings. The van der Waals surface area contributed by atoms with Crippen molar-refractivity contribution >= 4 is 17.3 Å². The van der Waals surface area contributed by atoms with Crippen molar-refractivity contribution in [1.82, 2.24) is 0 Å². The Morgan fingerprint density at radius 2 is 1.76 bits per heavy atom. The lowest BCUT2D eigenvalue weighted by Crippen LogP contribution is -2.35. The number of para-hydroxylation sites is 1. The van der Waals surface area contributed by atoms with E-state index in [1.54, 1.807) is 45.0 Å². The molecule has 0 aromatic heterocycles. The van der Waals surface area contributed by atoms with Crippen LogP contribution in [0.1, 0.15) is 25.0 Å². The first-order chi connectivity index (χ1) is 9.82. The first kappa shape index (κ1) is 15.0. The molecule has 0 aliphatic rings. The van der Waals surface area contributed by atoms with Crippen LogP contribution >= 0.6 is 0 Å². The summed E-state index contributed by atoms with van der Waals surface area (Å²) in [5, 5.41) is 2.69. The van der Waals surface area contributed by atoms with Gasteiger partial charge in [-0.15, -0.1) is 0 Å². The summed E-state index contributed by atoms with van der Waals surface area (Å²) >= 11 is 0. The summed E-state index contributed by atoms with van der Waals surface area (Å²) in [5.74, 6) is -0.697. The van der Waals surface area contributed by atoms with E-state index in [0.717, 1.165) is 5.56 Å². The van der Waals surface area contributed by atoms with E-state index in [4.69, 9.17) is 5.73 Å². The average Bonchev–Trinajstić information content (AvgIpc) is 2.43. The number of carbonyl (C=O) groups excluding carboxylic acids is 1. The smallest absolute Gasteiger partial charge is 0.234 e. The lowest BCUT2D eigenvalue weighted by molar-refractivity contribution is -0.120. The number of halogens is 1. The minimum Gasteiger partial charge on any atom is -0.399 e. The quantitative estimate of drug-likeness (QED) is 0.846. The van der Waals surface area contributed by atoms with Gasteiger partial charge in [-0.1, -0.05) is 24.3 Å². The largest absolute Gasteiger partial charge is 0.399 e. The second-order valence-corrected chi connectivity index (χ2v) is 5.63. The monoisotopic (exact) mass is 286 g/mol. The van der Waals surface area contributed by atoms with Crippen molar-refractivity contribution in [3.05, 3.63) is 59.4 Å². The molecule has 2 aromatic carbocycles. The number of nitrogens with two attached hydrogens (primary N) is 1. The van der Waals surface area contributed by atoms with E-state index in [1.165, 1.54) is 6.07 Å². The number of carbonyl (C=O) groups is 1. The Bertz CT molecular complexity index is 643. The molecule has 0 aliphatic heterocycles. The van der Waals surface area contributed by atoms with Crippen molar-refractivity contribution in [2.75, 3.05) is 11.1 Å². The van der Waals surface area contributed by atoms with Crippen molar-refractivity contribution in [3.8, 4) is 0 Å². The highest BCUT2D eigenvalue weighted by molar-refractivity contribution is 5.99. The van der Waals surface area contributed by atoms with Crippen LogP contribution in [0.2, 0.25) is 0 Å². The number of nitrogens with one attached hydrogen (secondary N) is 1. The molecular weight excluding hydrogens is 267 g/mol. The van der Waals surface area contributed by atoms with E-state index < -0.39 is 11.2 Å². The van der Waals surface area contributed by atoms with Crippen LogP contribution in [0.25, 0.3) is 0 Å². The maximum Gasteiger partial charge on any atom is 0.234 e. The van der Waals surface area contributed by atoms with E-state index in [2.05, 4.69) is 5.32 Å². The fourth-order valence-corrected chi connectivity index (χ4v) is 2.09. The van der Waals surface area contributed by atoms with Gasteiger partial charge in [0.05, 0.1) is 11.1 Å². The molecular formula is C17H19FN2O. The van der Waals surface area contributed by atoms with Gasteiger partial charge in [-0.3, -0.25) is 4.79 Å². The van der Waals surface area contributed by atoms with Crippen molar-refractivity contribution in [2.45, 2.75) is 26.2 Å². The summed E-state index contributed by atoms with van der Waals surface area (Å²) < 4.78 is 13.8. The minimum absolute atomic E-state index is 0.228. The first-order valence-corrected chi connectivity index (χ1v) is 6.75. The van der Waals surface area contributed by atoms with Gasteiger partial charge in [0.2, 0.25) is 5.91 Å². The summed E-state index contributed by atoms with van der Waals surface area (Å²) in [4.78, 5) is 12.5. The minimum atomic E-state index is -0.789. The van der Waals surface area contributed by atoms with E-state index in [9.17, 15) is 9.18 Å². The van der Waals surface area contributed by atoms with Crippen LogP contribution in [-0.4, -0.2) is 5.91 Å². The molecule has 1 amide bonds. The second kappa shape index (κ2) is 5.56. The summed E-state index contributed by atoms with van der Waals surface area (Å²) in [6.07, 6.45) is 0. The molecule has 110 valence electrons. The zero-order valence-electron chi connectivity index (χ0n) is 12.4. The predicted molar refractivity (Wildman–Crippen MR) is 83.6 cm³/mol. The van der Waals surface area contributed by atoms with Gasteiger partial charge in [0.15, 0.2) is 0 Å². The van der Waals surface area contributed by atoms with Crippen LogP contribution in [0, 0.1) is 12.7 Å².